The third-order valence-corrected chi connectivity index (χ3v) is 3.33. The molecule has 4 heteroatoms. The third-order valence-electron chi connectivity index (χ3n) is 3.33. The second kappa shape index (κ2) is 4.94. The van der Waals surface area contributed by atoms with Crippen LogP contribution in [0.25, 0.3) is 0 Å². The molecule has 0 aromatic heterocycles. The van der Waals surface area contributed by atoms with Gasteiger partial charge in [0.1, 0.15) is 0 Å². The van der Waals surface area contributed by atoms with E-state index in [0.717, 1.165) is 23.5 Å². The average Bonchev–Trinajstić information content (AvgIpc) is 2.49. The molecule has 2 atom stereocenters. The first-order valence-corrected chi connectivity index (χ1v) is 5.87. The van der Waals surface area contributed by atoms with Gasteiger partial charge in [0.2, 0.25) is 0 Å². The van der Waals surface area contributed by atoms with Crippen LogP contribution in [-0.2, 0) is 0 Å². The molecule has 1 aliphatic rings. The molecule has 2 unspecified atom stereocenters. The zero-order valence-corrected chi connectivity index (χ0v) is 10.6. The minimum Gasteiger partial charge on any atom is -0.493 e. The van der Waals surface area contributed by atoms with Gasteiger partial charge in [-0.15, -0.1) is 0 Å². The number of para-hydroxylation sites is 1. The van der Waals surface area contributed by atoms with E-state index in [2.05, 4.69) is 19.0 Å². The first-order valence-electron chi connectivity index (χ1n) is 5.87. The molecule has 2 N–H and O–H groups in total. The first kappa shape index (κ1) is 12.2. The van der Waals surface area contributed by atoms with Crippen LogP contribution in [0.5, 0.6) is 11.5 Å². The highest BCUT2D eigenvalue weighted by molar-refractivity contribution is 5.49. The summed E-state index contributed by atoms with van der Waals surface area (Å²) in [6.07, 6.45) is 0.923. The van der Waals surface area contributed by atoms with Crippen LogP contribution in [0.4, 0.5) is 0 Å². The maximum Gasteiger partial charge on any atom is 0.165 e. The molecule has 0 saturated heterocycles. The minimum absolute atomic E-state index is 0.0439. The number of methoxy groups -OCH3 is 1. The van der Waals surface area contributed by atoms with E-state index in [1.165, 1.54) is 0 Å². The molecule has 0 spiro atoms. The van der Waals surface area contributed by atoms with Crippen molar-refractivity contribution < 1.29 is 9.47 Å². The Morgan fingerprint density at radius 3 is 2.82 bits per heavy atom. The molecule has 0 bridgehead atoms. The van der Waals surface area contributed by atoms with Crippen molar-refractivity contribution in [1.82, 2.24) is 4.90 Å². The lowest BCUT2D eigenvalue weighted by atomic mass is 9.97. The minimum atomic E-state index is -0.0439. The largest absolute Gasteiger partial charge is 0.493 e. The average molecular weight is 236 g/mol. The predicted octanol–water partition coefficient (Wildman–Crippen LogP) is 1.41. The number of ether oxygens (including phenoxy) is 2. The topological polar surface area (TPSA) is 47.7 Å². The summed E-state index contributed by atoms with van der Waals surface area (Å²) in [5.74, 6) is 1.56. The monoisotopic (exact) mass is 236 g/mol. The van der Waals surface area contributed by atoms with E-state index in [-0.39, 0.29) is 6.04 Å². The molecule has 0 amide bonds. The summed E-state index contributed by atoms with van der Waals surface area (Å²) in [4.78, 5) is 2.16. The Morgan fingerprint density at radius 2 is 2.18 bits per heavy atom. The van der Waals surface area contributed by atoms with Crippen LogP contribution in [0.1, 0.15) is 18.0 Å². The molecular weight excluding hydrogens is 216 g/mol. The van der Waals surface area contributed by atoms with Crippen LogP contribution >= 0.6 is 0 Å². The molecule has 0 saturated carbocycles. The SMILES string of the molecule is COc1cccc2c1OCCC(N(C)C)C2N. The predicted molar refractivity (Wildman–Crippen MR) is 67.5 cm³/mol. The number of rotatable bonds is 2. The highest BCUT2D eigenvalue weighted by Gasteiger charge is 2.28. The summed E-state index contributed by atoms with van der Waals surface area (Å²) in [6, 6.07) is 6.13. The van der Waals surface area contributed by atoms with Crippen LogP contribution in [0.3, 0.4) is 0 Å². The lowest BCUT2D eigenvalue weighted by molar-refractivity contribution is 0.215. The Bertz CT molecular complexity index is 393. The second-order valence-electron chi connectivity index (χ2n) is 4.57. The third kappa shape index (κ3) is 2.23. The fraction of sp³-hybridized carbons (Fsp3) is 0.538. The fourth-order valence-corrected chi connectivity index (χ4v) is 2.36. The Hall–Kier alpha value is -1.26. The first-order chi connectivity index (χ1) is 8.15. The van der Waals surface area contributed by atoms with Crippen molar-refractivity contribution in [3.8, 4) is 11.5 Å². The van der Waals surface area contributed by atoms with Crippen molar-refractivity contribution in [3.05, 3.63) is 23.8 Å². The van der Waals surface area contributed by atoms with Gasteiger partial charge in [-0.3, -0.25) is 0 Å². The summed E-state index contributed by atoms with van der Waals surface area (Å²) >= 11 is 0. The summed E-state index contributed by atoms with van der Waals surface area (Å²) < 4.78 is 11.1. The van der Waals surface area contributed by atoms with Gasteiger partial charge in [-0.1, -0.05) is 12.1 Å². The van der Waals surface area contributed by atoms with Gasteiger partial charge in [0, 0.05) is 17.6 Å². The van der Waals surface area contributed by atoms with Gasteiger partial charge < -0.3 is 20.1 Å². The van der Waals surface area contributed by atoms with Gasteiger partial charge in [0.05, 0.1) is 13.7 Å². The quantitative estimate of drug-likeness (QED) is 0.843. The van der Waals surface area contributed by atoms with E-state index < -0.39 is 0 Å². The van der Waals surface area contributed by atoms with Crippen LogP contribution in [-0.4, -0.2) is 38.8 Å². The van der Waals surface area contributed by atoms with Gasteiger partial charge in [-0.25, -0.2) is 0 Å². The smallest absolute Gasteiger partial charge is 0.165 e. The molecule has 0 fully saturated rings. The Kier molecular flexibility index (Phi) is 3.54. The van der Waals surface area contributed by atoms with Crippen LogP contribution < -0.4 is 15.2 Å². The van der Waals surface area contributed by atoms with Crippen LogP contribution in [0.15, 0.2) is 18.2 Å². The number of nitrogens with two attached hydrogens (primary N) is 1. The van der Waals surface area contributed by atoms with Crippen molar-refractivity contribution >= 4 is 0 Å². The van der Waals surface area contributed by atoms with Gasteiger partial charge in [-0.2, -0.15) is 0 Å². The van der Waals surface area contributed by atoms with Crippen LogP contribution in [0, 0.1) is 0 Å². The van der Waals surface area contributed by atoms with Gasteiger partial charge >= 0.3 is 0 Å². The summed E-state index contributed by atoms with van der Waals surface area (Å²) in [7, 11) is 5.75. The number of likely N-dealkylation sites (N-methyl/N-ethyl adjacent to an activating group) is 1. The molecular formula is C13H20N2O2. The lowest BCUT2D eigenvalue weighted by Crippen LogP contribution is -2.38. The standard InChI is InChI=1S/C13H20N2O2/c1-15(2)10-7-8-17-13-9(12(10)14)5-4-6-11(13)16-3/h4-6,10,12H,7-8,14H2,1-3H3. The molecule has 0 radical (unpaired) electrons. The van der Waals surface area contributed by atoms with E-state index in [4.69, 9.17) is 15.2 Å². The molecule has 4 nitrogen and oxygen atoms in total. The van der Waals surface area contributed by atoms with E-state index in [1.54, 1.807) is 7.11 Å². The molecule has 17 heavy (non-hydrogen) atoms. The highest BCUT2D eigenvalue weighted by atomic mass is 16.5. The van der Waals surface area contributed by atoms with Crippen molar-refractivity contribution in [2.24, 2.45) is 5.73 Å². The maximum absolute atomic E-state index is 6.34. The molecule has 1 heterocycles. The zero-order chi connectivity index (χ0) is 12.4. The summed E-state index contributed by atoms with van der Waals surface area (Å²) in [6.45, 7) is 0.671. The van der Waals surface area contributed by atoms with Crippen LogP contribution in [0.2, 0.25) is 0 Å². The molecule has 1 aromatic carbocycles. The fourth-order valence-electron chi connectivity index (χ4n) is 2.36. The van der Waals surface area contributed by atoms with Crippen molar-refractivity contribution in [2.75, 3.05) is 27.8 Å². The van der Waals surface area contributed by atoms with Gasteiger partial charge in [0.25, 0.3) is 0 Å². The number of hydrogen-bond donors (Lipinski definition) is 1. The normalized spacial score (nSPS) is 23.8. The van der Waals surface area contributed by atoms with Crippen molar-refractivity contribution in [1.29, 1.82) is 0 Å². The maximum atomic E-state index is 6.34. The van der Waals surface area contributed by atoms with Gasteiger partial charge in [-0.05, 0) is 26.6 Å². The zero-order valence-electron chi connectivity index (χ0n) is 10.6. The lowest BCUT2D eigenvalue weighted by Gasteiger charge is -2.28. The molecule has 94 valence electrons. The van der Waals surface area contributed by atoms with Crippen molar-refractivity contribution in [3.63, 3.8) is 0 Å². The Balaban J connectivity index is 2.42. The van der Waals surface area contributed by atoms with E-state index in [0.29, 0.717) is 12.6 Å². The highest BCUT2D eigenvalue weighted by Crippen LogP contribution is 2.38. The van der Waals surface area contributed by atoms with E-state index >= 15 is 0 Å². The van der Waals surface area contributed by atoms with Gasteiger partial charge in [0.15, 0.2) is 11.5 Å². The number of hydrogen-bond acceptors (Lipinski definition) is 4. The van der Waals surface area contributed by atoms with Crippen molar-refractivity contribution in [2.45, 2.75) is 18.5 Å². The molecule has 1 aromatic rings. The summed E-state index contributed by atoms with van der Waals surface area (Å²) in [5, 5.41) is 0. The number of fused-ring (bicyclic) bond motifs is 1. The molecule has 1 aliphatic heterocycles. The number of benzene rings is 1. The Labute approximate surface area is 102 Å². The molecule has 0 aliphatic carbocycles. The second-order valence-corrected chi connectivity index (χ2v) is 4.57. The summed E-state index contributed by atoms with van der Waals surface area (Å²) in [5.41, 5.74) is 7.37. The number of nitrogens with zero attached hydrogens (tertiary/aromatic N) is 1. The Morgan fingerprint density at radius 1 is 1.41 bits per heavy atom. The molecule has 2 rings (SSSR count). The van der Waals surface area contributed by atoms with E-state index in [9.17, 15) is 0 Å². The van der Waals surface area contributed by atoms with E-state index in [1.807, 2.05) is 18.2 Å².